The summed E-state index contributed by atoms with van der Waals surface area (Å²) in [4.78, 5) is 17.3. The Hall–Kier alpha value is -1.43. The molecule has 0 bridgehead atoms. The largest absolute Gasteiger partial charge is 0.379 e. The third-order valence-electron chi connectivity index (χ3n) is 5.69. The van der Waals surface area contributed by atoms with Crippen molar-refractivity contribution in [1.82, 2.24) is 15.1 Å². The number of ether oxygens (including phenoxy) is 1. The summed E-state index contributed by atoms with van der Waals surface area (Å²) in [6.45, 7) is 10.3. The number of hydrogen-bond acceptors (Lipinski definition) is 4. The van der Waals surface area contributed by atoms with Crippen molar-refractivity contribution in [2.75, 3.05) is 45.9 Å². The Morgan fingerprint density at radius 1 is 1.15 bits per heavy atom. The van der Waals surface area contributed by atoms with Gasteiger partial charge in [-0.05, 0) is 44.3 Å². The molecule has 5 nitrogen and oxygen atoms in total. The summed E-state index contributed by atoms with van der Waals surface area (Å²) in [5.41, 5.74) is 1.26. The third kappa shape index (κ3) is 5.29. The predicted molar refractivity (Wildman–Crippen MR) is 104 cm³/mol. The van der Waals surface area contributed by atoms with Gasteiger partial charge in [0, 0.05) is 19.1 Å². The van der Waals surface area contributed by atoms with Gasteiger partial charge in [0.1, 0.15) is 0 Å². The molecule has 2 fully saturated rings. The Balaban J connectivity index is 1.61. The molecule has 0 radical (unpaired) electrons. The van der Waals surface area contributed by atoms with Crippen molar-refractivity contribution in [1.29, 1.82) is 0 Å². The van der Waals surface area contributed by atoms with E-state index in [-0.39, 0.29) is 18.0 Å². The van der Waals surface area contributed by atoms with E-state index in [0.717, 1.165) is 45.3 Å². The van der Waals surface area contributed by atoms with Crippen LogP contribution in [-0.4, -0.2) is 67.7 Å². The van der Waals surface area contributed by atoms with Gasteiger partial charge in [0.05, 0.1) is 25.8 Å². The summed E-state index contributed by atoms with van der Waals surface area (Å²) in [5.74, 6) is 0.929. The van der Waals surface area contributed by atoms with Gasteiger partial charge < -0.3 is 10.1 Å². The average Bonchev–Trinajstić information content (AvgIpc) is 2.65. The van der Waals surface area contributed by atoms with Gasteiger partial charge in [0.15, 0.2) is 0 Å². The van der Waals surface area contributed by atoms with Crippen LogP contribution in [0.2, 0.25) is 0 Å². The van der Waals surface area contributed by atoms with Crippen molar-refractivity contribution in [3.05, 3.63) is 35.9 Å². The minimum Gasteiger partial charge on any atom is -0.379 e. The molecule has 0 spiro atoms. The van der Waals surface area contributed by atoms with Crippen molar-refractivity contribution in [2.24, 2.45) is 5.92 Å². The second kappa shape index (κ2) is 9.49. The number of hydrogen-bond donors (Lipinski definition) is 1. The minimum absolute atomic E-state index is 0.0618. The first-order valence-corrected chi connectivity index (χ1v) is 10.0. The fraction of sp³-hybridized carbons (Fsp3) is 0.667. The second-order valence-electron chi connectivity index (χ2n) is 7.82. The fourth-order valence-corrected chi connectivity index (χ4v) is 4.12. The highest BCUT2D eigenvalue weighted by Crippen LogP contribution is 2.25. The average molecular weight is 360 g/mol. The Kier molecular flexibility index (Phi) is 7.06. The van der Waals surface area contributed by atoms with Gasteiger partial charge in [-0.3, -0.25) is 14.6 Å². The van der Waals surface area contributed by atoms with Gasteiger partial charge in [-0.1, -0.05) is 37.3 Å². The van der Waals surface area contributed by atoms with Crippen LogP contribution in [0.1, 0.15) is 38.3 Å². The highest BCUT2D eigenvalue weighted by Gasteiger charge is 2.29. The van der Waals surface area contributed by atoms with E-state index in [9.17, 15) is 4.79 Å². The SMILES string of the molecule is CC1CCN(CC(=O)N[C@H](C)[C@@H](c2ccccc2)N2CCOCC2)CC1. The lowest BCUT2D eigenvalue weighted by Gasteiger charge is -2.38. The van der Waals surface area contributed by atoms with Crippen LogP contribution in [0.4, 0.5) is 0 Å². The highest BCUT2D eigenvalue weighted by molar-refractivity contribution is 5.78. The summed E-state index contributed by atoms with van der Waals surface area (Å²) in [6.07, 6.45) is 2.40. The molecule has 2 heterocycles. The number of nitrogens with one attached hydrogen (secondary N) is 1. The molecule has 2 atom stereocenters. The Morgan fingerprint density at radius 3 is 2.46 bits per heavy atom. The van der Waals surface area contributed by atoms with Crippen LogP contribution in [0.15, 0.2) is 30.3 Å². The first kappa shape index (κ1) is 19.3. The van der Waals surface area contributed by atoms with Gasteiger partial charge in [-0.2, -0.15) is 0 Å². The molecular weight excluding hydrogens is 326 g/mol. The third-order valence-corrected chi connectivity index (χ3v) is 5.69. The summed E-state index contributed by atoms with van der Waals surface area (Å²) in [7, 11) is 0. The van der Waals surface area contributed by atoms with E-state index in [1.54, 1.807) is 0 Å². The lowest BCUT2D eigenvalue weighted by molar-refractivity contribution is -0.123. The van der Waals surface area contributed by atoms with Crippen molar-refractivity contribution in [3.63, 3.8) is 0 Å². The van der Waals surface area contributed by atoms with Crippen LogP contribution >= 0.6 is 0 Å². The summed E-state index contributed by atoms with van der Waals surface area (Å²) in [5, 5.41) is 3.27. The van der Waals surface area contributed by atoms with Gasteiger partial charge in [-0.25, -0.2) is 0 Å². The number of morpholine rings is 1. The zero-order valence-electron chi connectivity index (χ0n) is 16.2. The number of piperidine rings is 1. The molecule has 2 aliphatic heterocycles. The summed E-state index contributed by atoms with van der Waals surface area (Å²) >= 11 is 0. The number of rotatable bonds is 6. The van der Waals surface area contributed by atoms with Crippen LogP contribution in [0, 0.1) is 5.92 Å². The topological polar surface area (TPSA) is 44.8 Å². The van der Waals surface area contributed by atoms with E-state index in [1.807, 2.05) is 6.07 Å². The molecule has 0 unspecified atom stereocenters. The fourth-order valence-electron chi connectivity index (χ4n) is 4.12. The van der Waals surface area contributed by atoms with E-state index in [2.05, 4.69) is 53.2 Å². The maximum Gasteiger partial charge on any atom is 0.234 e. The Morgan fingerprint density at radius 2 is 1.81 bits per heavy atom. The van der Waals surface area contributed by atoms with Crippen molar-refractivity contribution >= 4 is 5.91 Å². The number of carbonyl (C=O) groups is 1. The van der Waals surface area contributed by atoms with Crippen LogP contribution in [-0.2, 0) is 9.53 Å². The molecular formula is C21H33N3O2. The van der Waals surface area contributed by atoms with Crippen molar-refractivity contribution in [2.45, 2.75) is 38.8 Å². The van der Waals surface area contributed by atoms with Crippen LogP contribution in [0.3, 0.4) is 0 Å². The number of benzene rings is 1. The van der Waals surface area contributed by atoms with E-state index in [4.69, 9.17) is 4.74 Å². The second-order valence-corrected chi connectivity index (χ2v) is 7.82. The summed E-state index contributed by atoms with van der Waals surface area (Å²) in [6, 6.07) is 10.8. The van der Waals surface area contributed by atoms with Gasteiger partial charge >= 0.3 is 0 Å². The molecule has 1 aromatic carbocycles. The van der Waals surface area contributed by atoms with Crippen molar-refractivity contribution < 1.29 is 9.53 Å². The predicted octanol–water partition coefficient (Wildman–Crippen LogP) is 2.30. The first-order valence-electron chi connectivity index (χ1n) is 10.0. The molecule has 0 saturated carbocycles. The summed E-state index contributed by atoms with van der Waals surface area (Å²) < 4.78 is 5.52. The molecule has 2 aliphatic rings. The molecule has 144 valence electrons. The molecule has 1 aromatic rings. The monoisotopic (exact) mass is 359 g/mol. The first-order chi connectivity index (χ1) is 12.6. The quantitative estimate of drug-likeness (QED) is 0.846. The zero-order valence-corrected chi connectivity index (χ0v) is 16.2. The van der Waals surface area contributed by atoms with Crippen molar-refractivity contribution in [3.8, 4) is 0 Å². The van der Waals surface area contributed by atoms with E-state index < -0.39 is 0 Å². The highest BCUT2D eigenvalue weighted by atomic mass is 16.5. The van der Waals surface area contributed by atoms with Crippen LogP contribution < -0.4 is 5.32 Å². The molecule has 1 amide bonds. The zero-order chi connectivity index (χ0) is 18.4. The van der Waals surface area contributed by atoms with Gasteiger partial charge in [0.2, 0.25) is 5.91 Å². The van der Waals surface area contributed by atoms with Crippen LogP contribution in [0.25, 0.3) is 0 Å². The van der Waals surface area contributed by atoms with Crippen LogP contribution in [0.5, 0.6) is 0 Å². The van der Waals surface area contributed by atoms with E-state index in [1.165, 1.54) is 18.4 Å². The standard InChI is InChI=1S/C21H33N3O2/c1-17-8-10-23(11-9-17)16-20(25)22-18(2)21(19-6-4-3-5-7-19)24-12-14-26-15-13-24/h3-7,17-18,21H,8-16H2,1-2H3,(H,22,25)/t18-,21+/m1/s1. The van der Waals surface area contributed by atoms with Gasteiger partial charge in [0.25, 0.3) is 0 Å². The lowest BCUT2D eigenvalue weighted by atomic mass is 9.97. The Bertz CT molecular complexity index is 552. The maximum atomic E-state index is 12.6. The normalized spacial score (nSPS) is 22.7. The Labute approximate surface area is 157 Å². The molecule has 2 saturated heterocycles. The molecule has 5 heteroatoms. The number of nitrogens with zero attached hydrogens (tertiary/aromatic N) is 2. The van der Waals surface area contributed by atoms with Gasteiger partial charge in [-0.15, -0.1) is 0 Å². The maximum absolute atomic E-state index is 12.6. The minimum atomic E-state index is 0.0618. The number of likely N-dealkylation sites (tertiary alicyclic amines) is 1. The smallest absolute Gasteiger partial charge is 0.234 e. The number of carbonyl (C=O) groups excluding carboxylic acids is 1. The molecule has 1 N–H and O–H groups in total. The molecule has 0 aromatic heterocycles. The molecule has 0 aliphatic carbocycles. The molecule has 26 heavy (non-hydrogen) atoms. The van der Waals surface area contributed by atoms with E-state index in [0.29, 0.717) is 6.54 Å². The lowest BCUT2D eigenvalue weighted by Crippen LogP contribution is -2.50. The van der Waals surface area contributed by atoms with E-state index >= 15 is 0 Å². The number of amides is 1. The molecule has 3 rings (SSSR count).